The van der Waals surface area contributed by atoms with Crippen LogP contribution < -0.4 is 0 Å². The number of nitrogens with zero attached hydrogens (tertiary/aromatic N) is 1. The highest BCUT2D eigenvalue weighted by Gasteiger charge is 2.26. The highest BCUT2D eigenvalue weighted by atomic mass is 79.9. The topological polar surface area (TPSA) is 20.3 Å². The van der Waals surface area contributed by atoms with E-state index in [1.54, 1.807) is 18.2 Å². The van der Waals surface area contributed by atoms with Gasteiger partial charge in [-0.1, -0.05) is 27.5 Å². The van der Waals surface area contributed by atoms with Crippen LogP contribution in [0.1, 0.15) is 16.8 Å². The van der Waals surface area contributed by atoms with Gasteiger partial charge < -0.3 is 4.90 Å². The number of carbonyl (C=O) groups excluding carboxylic acids is 1. The molecule has 5 heteroatoms. The van der Waals surface area contributed by atoms with Crippen LogP contribution in [0.15, 0.2) is 22.7 Å². The molecule has 0 radical (unpaired) electrons. The minimum atomic E-state index is 0.0285. The quantitative estimate of drug-likeness (QED) is 0.752. The van der Waals surface area contributed by atoms with E-state index >= 15 is 0 Å². The number of halogens is 3. The standard InChI is InChI=1S/C12H12BrCl2NO/c13-10-3-9(4-11(15)5-10)12(17)16-2-1-8(6-14)7-16/h3-5,8H,1-2,6-7H2. The van der Waals surface area contributed by atoms with E-state index in [1.807, 2.05) is 4.90 Å². The lowest BCUT2D eigenvalue weighted by atomic mass is 10.1. The average Bonchev–Trinajstić information content (AvgIpc) is 2.75. The highest BCUT2D eigenvalue weighted by Crippen LogP contribution is 2.24. The molecule has 1 saturated heterocycles. The summed E-state index contributed by atoms with van der Waals surface area (Å²) < 4.78 is 0.821. The van der Waals surface area contributed by atoms with E-state index in [9.17, 15) is 4.79 Å². The first-order valence-electron chi connectivity index (χ1n) is 5.41. The lowest BCUT2D eigenvalue weighted by molar-refractivity contribution is 0.0788. The second-order valence-corrected chi connectivity index (χ2v) is 5.88. The Kier molecular flexibility index (Phi) is 4.34. The fourth-order valence-corrected chi connectivity index (χ4v) is 3.11. The number of amides is 1. The third-order valence-corrected chi connectivity index (χ3v) is 4.01. The lowest BCUT2D eigenvalue weighted by Gasteiger charge is -2.16. The van der Waals surface area contributed by atoms with Crippen LogP contribution in [-0.4, -0.2) is 29.8 Å². The predicted octanol–water partition coefficient (Wildman–Crippen LogP) is 3.80. The molecule has 1 unspecified atom stereocenters. The van der Waals surface area contributed by atoms with Crippen LogP contribution in [0.25, 0.3) is 0 Å². The van der Waals surface area contributed by atoms with Gasteiger partial charge in [-0.15, -0.1) is 11.6 Å². The summed E-state index contributed by atoms with van der Waals surface area (Å²) in [4.78, 5) is 14.1. The summed E-state index contributed by atoms with van der Waals surface area (Å²) in [6.07, 6.45) is 0.983. The zero-order valence-electron chi connectivity index (χ0n) is 9.13. The molecule has 17 heavy (non-hydrogen) atoms. The van der Waals surface area contributed by atoms with E-state index in [1.165, 1.54) is 0 Å². The van der Waals surface area contributed by atoms with Gasteiger partial charge in [0.15, 0.2) is 0 Å². The number of rotatable bonds is 2. The Morgan fingerprint density at radius 2 is 2.24 bits per heavy atom. The molecule has 0 spiro atoms. The van der Waals surface area contributed by atoms with Crippen molar-refractivity contribution in [2.45, 2.75) is 6.42 Å². The minimum absolute atomic E-state index is 0.0285. The van der Waals surface area contributed by atoms with Crippen LogP contribution in [-0.2, 0) is 0 Å². The van der Waals surface area contributed by atoms with Gasteiger partial charge in [0.2, 0.25) is 0 Å². The third kappa shape index (κ3) is 3.15. The lowest BCUT2D eigenvalue weighted by Crippen LogP contribution is -2.28. The van der Waals surface area contributed by atoms with Gasteiger partial charge in [0, 0.05) is 34.0 Å². The van der Waals surface area contributed by atoms with Crippen LogP contribution >= 0.6 is 39.1 Å². The van der Waals surface area contributed by atoms with E-state index in [2.05, 4.69) is 15.9 Å². The van der Waals surface area contributed by atoms with E-state index in [-0.39, 0.29) is 5.91 Å². The first-order chi connectivity index (χ1) is 8.10. The van der Waals surface area contributed by atoms with Crippen molar-refractivity contribution in [3.8, 4) is 0 Å². The normalized spacial score (nSPS) is 19.7. The molecule has 0 aromatic heterocycles. The maximum absolute atomic E-state index is 12.2. The zero-order valence-corrected chi connectivity index (χ0v) is 12.2. The molecule has 0 bridgehead atoms. The molecule has 1 aliphatic heterocycles. The number of carbonyl (C=O) groups is 1. The molecule has 1 aromatic rings. The summed E-state index contributed by atoms with van der Waals surface area (Å²) in [5.74, 6) is 1.06. The molecule has 92 valence electrons. The molecule has 0 N–H and O–H groups in total. The first kappa shape index (κ1) is 13.2. The Bertz CT molecular complexity index is 418. The Labute approximate surface area is 119 Å². The van der Waals surface area contributed by atoms with E-state index < -0.39 is 0 Å². The van der Waals surface area contributed by atoms with Gasteiger partial charge in [-0.2, -0.15) is 0 Å². The summed E-state index contributed by atoms with van der Waals surface area (Å²) in [7, 11) is 0. The maximum atomic E-state index is 12.2. The van der Waals surface area contributed by atoms with Crippen molar-refractivity contribution in [1.29, 1.82) is 0 Å². The minimum Gasteiger partial charge on any atom is -0.338 e. The molecule has 0 aliphatic carbocycles. The van der Waals surface area contributed by atoms with E-state index in [0.29, 0.717) is 22.4 Å². The smallest absolute Gasteiger partial charge is 0.253 e. The summed E-state index contributed by atoms with van der Waals surface area (Å²) >= 11 is 15.1. The Balaban J connectivity index is 2.14. The van der Waals surface area contributed by atoms with Crippen molar-refractivity contribution < 1.29 is 4.79 Å². The molecule has 1 amide bonds. The van der Waals surface area contributed by atoms with Gasteiger partial charge in [0.05, 0.1) is 0 Å². The molecular formula is C12H12BrCl2NO. The van der Waals surface area contributed by atoms with E-state index in [0.717, 1.165) is 24.0 Å². The van der Waals surface area contributed by atoms with Crippen molar-refractivity contribution in [2.24, 2.45) is 5.92 Å². The second kappa shape index (κ2) is 5.59. The van der Waals surface area contributed by atoms with Gasteiger partial charge in [-0.05, 0) is 30.5 Å². The van der Waals surface area contributed by atoms with Gasteiger partial charge in [-0.3, -0.25) is 4.79 Å². The van der Waals surface area contributed by atoms with Crippen molar-refractivity contribution in [3.63, 3.8) is 0 Å². The fourth-order valence-electron chi connectivity index (χ4n) is 2.00. The molecular weight excluding hydrogens is 325 g/mol. The molecule has 1 aromatic carbocycles. The molecule has 2 nitrogen and oxygen atoms in total. The second-order valence-electron chi connectivity index (χ2n) is 4.22. The predicted molar refractivity (Wildman–Crippen MR) is 73.9 cm³/mol. The SMILES string of the molecule is O=C(c1cc(Cl)cc(Br)c1)N1CCC(CCl)C1. The van der Waals surface area contributed by atoms with Gasteiger partial charge in [-0.25, -0.2) is 0 Å². The van der Waals surface area contributed by atoms with Crippen LogP contribution in [0.3, 0.4) is 0 Å². The zero-order chi connectivity index (χ0) is 12.4. The summed E-state index contributed by atoms with van der Waals surface area (Å²) in [5, 5.41) is 0.566. The number of benzene rings is 1. The van der Waals surface area contributed by atoms with Gasteiger partial charge in [0.25, 0.3) is 5.91 Å². The fraction of sp³-hybridized carbons (Fsp3) is 0.417. The molecule has 1 heterocycles. The monoisotopic (exact) mass is 335 g/mol. The Morgan fingerprint density at radius 1 is 1.47 bits per heavy atom. The van der Waals surface area contributed by atoms with Crippen molar-refractivity contribution in [1.82, 2.24) is 4.90 Å². The third-order valence-electron chi connectivity index (χ3n) is 2.90. The number of alkyl halides is 1. The molecule has 2 rings (SSSR count). The Hall–Kier alpha value is -0.250. The van der Waals surface area contributed by atoms with Crippen molar-refractivity contribution >= 4 is 45.0 Å². The Morgan fingerprint density at radius 3 is 2.82 bits per heavy atom. The summed E-state index contributed by atoms with van der Waals surface area (Å²) in [5.41, 5.74) is 0.625. The van der Waals surface area contributed by atoms with Gasteiger partial charge in [0.1, 0.15) is 0 Å². The number of hydrogen-bond donors (Lipinski definition) is 0. The first-order valence-corrected chi connectivity index (χ1v) is 7.12. The molecule has 1 fully saturated rings. The summed E-state index contributed by atoms with van der Waals surface area (Å²) in [6, 6.07) is 5.26. The maximum Gasteiger partial charge on any atom is 0.253 e. The van der Waals surface area contributed by atoms with Crippen molar-refractivity contribution in [3.05, 3.63) is 33.3 Å². The largest absolute Gasteiger partial charge is 0.338 e. The van der Waals surface area contributed by atoms with Crippen LogP contribution in [0, 0.1) is 5.92 Å². The van der Waals surface area contributed by atoms with Gasteiger partial charge >= 0.3 is 0 Å². The van der Waals surface area contributed by atoms with Crippen LogP contribution in [0.4, 0.5) is 0 Å². The highest BCUT2D eigenvalue weighted by molar-refractivity contribution is 9.10. The van der Waals surface area contributed by atoms with Crippen LogP contribution in [0.2, 0.25) is 5.02 Å². The molecule has 1 atom stereocenters. The molecule has 1 aliphatic rings. The van der Waals surface area contributed by atoms with Crippen molar-refractivity contribution in [2.75, 3.05) is 19.0 Å². The summed E-state index contributed by atoms with van der Waals surface area (Å²) in [6.45, 7) is 1.52. The van der Waals surface area contributed by atoms with Crippen LogP contribution in [0.5, 0.6) is 0 Å². The molecule has 0 saturated carbocycles. The number of likely N-dealkylation sites (tertiary alicyclic amines) is 1. The average molecular weight is 337 g/mol. The number of hydrogen-bond acceptors (Lipinski definition) is 1. The van der Waals surface area contributed by atoms with E-state index in [4.69, 9.17) is 23.2 Å².